The summed E-state index contributed by atoms with van der Waals surface area (Å²) in [7, 11) is 0. The third kappa shape index (κ3) is 3.60. The van der Waals surface area contributed by atoms with E-state index in [2.05, 4.69) is 20.3 Å². The second kappa shape index (κ2) is 8.31. The number of fused-ring (bicyclic) bond motifs is 2. The summed E-state index contributed by atoms with van der Waals surface area (Å²) in [6, 6.07) is 1.75. The first-order chi connectivity index (χ1) is 15.5. The molecule has 2 aromatic heterocycles. The topological polar surface area (TPSA) is 112 Å². The molecular weight excluding hydrogens is 410 g/mol. The highest BCUT2D eigenvalue weighted by Gasteiger charge is 2.46. The van der Waals surface area contributed by atoms with Gasteiger partial charge < -0.3 is 20.3 Å². The molecule has 0 radical (unpaired) electrons. The molecule has 170 valence electrons. The van der Waals surface area contributed by atoms with E-state index in [-0.39, 0.29) is 30.6 Å². The van der Waals surface area contributed by atoms with E-state index in [1.165, 1.54) is 6.20 Å². The van der Waals surface area contributed by atoms with Crippen molar-refractivity contribution in [2.75, 3.05) is 19.7 Å². The highest BCUT2D eigenvalue weighted by molar-refractivity contribution is 6.00. The Morgan fingerprint density at radius 2 is 2.25 bits per heavy atom. The van der Waals surface area contributed by atoms with Gasteiger partial charge in [0.15, 0.2) is 5.65 Å². The Labute approximate surface area is 186 Å². The largest absolute Gasteiger partial charge is 0.495 e. The van der Waals surface area contributed by atoms with E-state index in [9.17, 15) is 15.0 Å². The molecule has 0 aromatic carbocycles. The maximum Gasteiger partial charge on any atom is 0.260 e. The van der Waals surface area contributed by atoms with Gasteiger partial charge in [0, 0.05) is 30.6 Å². The summed E-state index contributed by atoms with van der Waals surface area (Å²) in [6.45, 7) is 3.12. The number of amides is 1. The summed E-state index contributed by atoms with van der Waals surface area (Å²) in [4.78, 5) is 19.8. The maximum absolute atomic E-state index is 13.3. The average Bonchev–Trinajstić information content (AvgIpc) is 3.30. The number of rotatable bonds is 4. The predicted molar refractivity (Wildman–Crippen MR) is 117 cm³/mol. The molecule has 2 aliphatic heterocycles. The number of allylic oxidation sites excluding steroid dienone is 1. The van der Waals surface area contributed by atoms with Crippen molar-refractivity contribution in [2.45, 2.75) is 50.4 Å². The molecule has 2 fully saturated rings. The second-order valence-electron chi connectivity index (χ2n) is 8.95. The van der Waals surface area contributed by atoms with Gasteiger partial charge in [0.1, 0.15) is 16.9 Å². The molecule has 3 N–H and O–H groups in total. The van der Waals surface area contributed by atoms with E-state index >= 15 is 0 Å². The van der Waals surface area contributed by atoms with Gasteiger partial charge in [-0.3, -0.25) is 9.69 Å². The van der Waals surface area contributed by atoms with Gasteiger partial charge in [-0.2, -0.15) is 5.10 Å². The first-order valence-corrected chi connectivity index (χ1v) is 11.3. The Hall–Kier alpha value is -2.75. The van der Waals surface area contributed by atoms with Crippen LogP contribution in [0.15, 0.2) is 48.3 Å². The fourth-order valence-corrected chi connectivity index (χ4v) is 5.09. The number of aliphatic hydroxyl groups is 2. The van der Waals surface area contributed by atoms with Crippen molar-refractivity contribution < 1.29 is 19.7 Å². The van der Waals surface area contributed by atoms with Crippen LogP contribution in [0.5, 0.6) is 0 Å². The Morgan fingerprint density at radius 3 is 3.09 bits per heavy atom. The highest BCUT2D eigenvalue weighted by atomic mass is 16.5. The number of aliphatic hydroxyl groups excluding tert-OH is 2. The maximum atomic E-state index is 13.3. The number of hydrogen-bond acceptors (Lipinski definition) is 7. The van der Waals surface area contributed by atoms with Gasteiger partial charge in [-0.15, -0.1) is 0 Å². The van der Waals surface area contributed by atoms with Crippen molar-refractivity contribution in [1.82, 2.24) is 24.8 Å². The predicted octanol–water partition coefficient (Wildman–Crippen LogP) is 1.24. The van der Waals surface area contributed by atoms with E-state index in [1.54, 1.807) is 23.0 Å². The lowest BCUT2D eigenvalue weighted by atomic mass is 9.82. The lowest BCUT2D eigenvalue weighted by Gasteiger charge is -2.44. The van der Waals surface area contributed by atoms with E-state index in [4.69, 9.17) is 4.74 Å². The Morgan fingerprint density at radius 1 is 1.38 bits per heavy atom. The second-order valence-corrected chi connectivity index (χ2v) is 8.95. The third-order valence-corrected chi connectivity index (χ3v) is 6.78. The van der Waals surface area contributed by atoms with Gasteiger partial charge in [0.2, 0.25) is 0 Å². The summed E-state index contributed by atoms with van der Waals surface area (Å²) in [5.41, 5.74) is 0.563. The van der Waals surface area contributed by atoms with E-state index in [1.807, 2.05) is 19.1 Å². The molecule has 9 heteroatoms. The summed E-state index contributed by atoms with van der Waals surface area (Å²) >= 11 is 0. The SMILES string of the molecule is CC1CC2C=C(NC(=O)c3cnn4cccnc34)C(CO)(N3CCC[C@H](O)CC3)C=C2O1. The van der Waals surface area contributed by atoms with Gasteiger partial charge in [-0.1, -0.05) is 6.08 Å². The molecule has 2 saturated heterocycles. The standard InChI is InChI=1S/C23H29N5O4/c1-15-10-16-11-20(26-22(31)18-13-25-28-8-3-6-24-21(18)28)23(14-29,12-19(16)32-15)27-7-2-4-17(30)5-9-27/h3,6,8,11-13,15-17,29-30H,2,4-5,7,9-10,14H2,1H3,(H,26,31)/t15?,16?,17-,23?/m0/s1. The fourth-order valence-electron chi connectivity index (χ4n) is 5.09. The molecule has 0 spiro atoms. The number of carbonyl (C=O) groups excluding carboxylic acids is 1. The summed E-state index contributed by atoms with van der Waals surface area (Å²) in [6.07, 6.45) is 11.6. The van der Waals surface area contributed by atoms with Crippen LogP contribution in [-0.4, -0.2) is 73.1 Å². The molecule has 9 nitrogen and oxygen atoms in total. The molecule has 1 amide bonds. The van der Waals surface area contributed by atoms with Crippen LogP contribution >= 0.6 is 0 Å². The first kappa shape index (κ1) is 21.1. The van der Waals surface area contributed by atoms with Crippen LogP contribution in [0, 0.1) is 5.92 Å². The molecule has 5 rings (SSSR count). The van der Waals surface area contributed by atoms with Crippen LogP contribution in [0.3, 0.4) is 0 Å². The van der Waals surface area contributed by atoms with Crippen LogP contribution in [0.4, 0.5) is 0 Å². The molecule has 32 heavy (non-hydrogen) atoms. The summed E-state index contributed by atoms with van der Waals surface area (Å²) in [5.74, 6) is 0.577. The average molecular weight is 440 g/mol. The lowest BCUT2D eigenvalue weighted by molar-refractivity contribution is 0.0713. The molecule has 4 heterocycles. The van der Waals surface area contributed by atoms with Gasteiger partial charge in [-0.25, -0.2) is 9.50 Å². The first-order valence-electron chi connectivity index (χ1n) is 11.3. The summed E-state index contributed by atoms with van der Waals surface area (Å²) in [5, 5.41) is 28.1. The normalized spacial score (nSPS) is 30.8. The minimum absolute atomic E-state index is 0.0552. The number of ether oxygens (including phenoxy) is 1. The minimum Gasteiger partial charge on any atom is -0.495 e. The van der Waals surface area contributed by atoms with Gasteiger partial charge in [-0.05, 0) is 51.3 Å². The van der Waals surface area contributed by atoms with Gasteiger partial charge in [0.05, 0.1) is 25.0 Å². The van der Waals surface area contributed by atoms with Crippen LogP contribution in [-0.2, 0) is 4.74 Å². The van der Waals surface area contributed by atoms with Gasteiger partial charge in [0.25, 0.3) is 5.91 Å². The van der Waals surface area contributed by atoms with E-state index in [0.29, 0.717) is 36.4 Å². The molecule has 0 saturated carbocycles. The Bertz CT molecular complexity index is 1080. The smallest absolute Gasteiger partial charge is 0.260 e. The number of nitrogens with zero attached hydrogens (tertiary/aromatic N) is 4. The van der Waals surface area contributed by atoms with Crippen molar-refractivity contribution in [1.29, 1.82) is 0 Å². The van der Waals surface area contributed by atoms with Crippen molar-refractivity contribution >= 4 is 11.6 Å². The molecule has 4 atom stereocenters. The number of carbonyl (C=O) groups is 1. The van der Waals surface area contributed by atoms with Crippen molar-refractivity contribution in [3.8, 4) is 0 Å². The van der Waals surface area contributed by atoms with Crippen LogP contribution in [0.2, 0.25) is 0 Å². The van der Waals surface area contributed by atoms with Crippen LogP contribution in [0.25, 0.3) is 5.65 Å². The molecule has 3 aliphatic rings. The molecule has 2 aromatic rings. The molecule has 1 aliphatic carbocycles. The fraction of sp³-hybridized carbons (Fsp3) is 0.522. The third-order valence-electron chi connectivity index (χ3n) is 6.78. The zero-order valence-corrected chi connectivity index (χ0v) is 18.1. The van der Waals surface area contributed by atoms with Crippen molar-refractivity contribution in [3.05, 3.63) is 53.8 Å². The van der Waals surface area contributed by atoms with Crippen molar-refractivity contribution in [2.24, 2.45) is 5.92 Å². The monoisotopic (exact) mass is 439 g/mol. The molecular formula is C23H29N5O4. The number of likely N-dealkylation sites (tertiary alicyclic amines) is 1. The number of nitrogens with one attached hydrogen (secondary N) is 1. The van der Waals surface area contributed by atoms with Crippen molar-refractivity contribution in [3.63, 3.8) is 0 Å². The molecule has 0 bridgehead atoms. The molecule has 3 unspecified atom stereocenters. The van der Waals surface area contributed by atoms with Gasteiger partial charge >= 0.3 is 0 Å². The minimum atomic E-state index is -0.925. The highest BCUT2D eigenvalue weighted by Crippen LogP contribution is 2.41. The van der Waals surface area contributed by atoms with Crippen LogP contribution in [0.1, 0.15) is 43.0 Å². The van der Waals surface area contributed by atoms with E-state index < -0.39 is 5.54 Å². The Kier molecular flexibility index (Phi) is 5.48. The number of hydrogen-bond donors (Lipinski definition) is 3. The number of aromatic nitrogens is 3. The lowest BCUT2D eigenvalue weighted by Crippen LogP contribution is -2.57. The van der Waals surface area contributed by atoms with Crippen LogP contribution < -0.4 is 5.32 Å². The Balaban J connectivity index is 1.51. The quantitative estimate of drug-likeness (QED) is 0.657. The zero-order valence-electron chi connectivity index (χ0n) is 18.1. The summed E-state index contributed by atoms with van der Waals surface area (Å²) < 4.78 is 7.60. The zero-order chi connectivity index (χ0) is 22.3. The van der Waals surface area contributed by atoms with E-state index in [0.717, 1.165) is 25.0 Å².